The molecular formula is C29H15NO9. The summed E-state index contributed by atoms with van der Waals surface area (Å²) >= 11 is 0. The number of carboxylic acids is 1. The second-order valence-electron chi connectivity index (χ2n) is 8.54. The summed E-state index contributed by atoms with van der Waals surface area (Å²) in [7, 11) is 0. The molecule has 0 fully saturated rings. The fourth-order valence-corrected chi connectivity index (χ4v) is 4.29. The number of aromatic carboxylic acids is 1. The van der Waals surface area contributed by atoms with Crippen LogP contribution in [-0.4, -0.2) is 34.8 Å². The SMILES string of the molecule is O=C(O)c1ccc(Oc2ccc3c(c2)C(=O)N(c2ccccc2Oc2ccc4c(c2)C(=O)OC4=O)C3=O)cc1. The zero-order chi connectivity index (χ0) is 27.3. The molecular weight excluding hydrogens is 506 g/mol. The zero-order valence-electron chi connectivity index (χ0n) is 19.7. The van der Waals surface area contributed by atoms with E-state index in [-0.39, 0.29) is 50.8 Å². The van der Waals surface area contributed by atoms with Gasteiger partial charge in [-0.25, -0.2) is 19.3 Å². The molecule has 0 unspecified atom stereocenters. The van der Waals surface area contributed by atoms with Crippen molar-refractivity contribution >= 4 is 35.4 Å². The van der Waals surface area contributed by atoms with Crippen LogP contribution in [0.2, 0.25) is 0 Å². The topological polar surface area (TPSA) is 137 Å². The first kappa shape index (κ1) is 23.6. The van der Waals surface area contributed by atoms with E-state index in [2.05, 4.69) is 4.74 Å². The van der Waals surface area contributed by atoms with Crippen LogP contribution >= 0.6 is 0 Å². The summed E-state index contributed by atoms with van der Waals surface area (Å²) in [5.41, 5.74) is 0.740. The highest BCUT2D eigenvalue weighted by Crippen LogP contribution is 2.39. The van der Waals surface area contributed by atoms with Crippen molar-refractivity contribution < 1.29 is 43.3 Å². The molecule has 190 valence electrons. The molecule has 2 heterocycles. The smallest absolute Gasteiger partial charge is 0.347 e. The van der Waals surface area contributed by atoms with Gasteiger partial charge in [0.15, 0.2) is 5.75 Å². The van der Waals surface area contributed by atoms with E-state index in [0.717, 1.165) is 4.90 Å². The third kappa shape index (κ3) is 4.05. The number of rotatable bonds is 6. The lowest BCUT2D eigenvalue weighted by molar-refractivity contribution is 0.0442. The Morgan fingerprint density at radius 1 is 0.641 bits per heavy atom. The first-order valence-corrected chi connectivity index (χ1v) is 11.5. The highest BCUT2D eigenvalue weighted by molar-refractivity contribution is 6.35. The maximum Gasteiger partial charge on any atom is 0.347 e. The maximum atomic E-state index is 13.4. The number of benzene rings is 4. The number of para-hydroxylation sites is 2. The van der Waals surface area contributed by atoms with Gasteiger partial charge < -0.3 is 19.3 Å². The maximum absolute atomic E-state index is 13.4. The molecule has 0 radical (unpaired) electrons. The Balaban J connectivity index is 1.28. The molecule has 0 aliphatic carbocycles. The Morgan fingerprint density at radius 3 is 1.97 bits per heavy atom. The zero-order valence-corrected chi connectivity index (χ0v) is 19.7. The number of nitrogens with zero attached hydrogens (tertiary/aromatic N) is 1. The van der Waals surface area contributed by atoms with Crippen molar-refractivity contribution in [2.24, 2.45) is 0 Å². The molecule has 6 rings (SSSR count). The largest absolute Gasteiger partial charge is 0.478 e. The molecule has 0 aromatic heterocycles. The monoisotopic (exact) mass is 521 g/mol. The van der Waals surface area contributed by atoms with E-state index >= 15 is 0 Å². The van der Waals surface area contributed by atoms with Crippen LogP contribution < -0.4 is 14.4 Å². The van der Waals surface area contributed by atoms with Gasteiger partial charge in [0, 0.05) is 0 Å². The first-order valence-electron chi connectivity index (χ1n) is 11.5. The second kappa shape index (κ2) is 8.96. The van der Waals surface area contributed by atoms with Crippen LogP contribution in [0.4, 0.5) is 5.69 Å². The molecule has 0 atom stereocenters. The Hall–Kier alpha value is -5.77. The summed E-state index contributed by atoms with van der Waals surface area (Å²) in [6.45, 7) is 0. The summed E-state index contributed by atoms with van der Waals surface area (Å²) in [5.74, 6) is -2.75. The van der Waals surface area contributed by atoms with Crippen LogP contribution in [0.1, 0.15) is 51.8 Å². The number of cyclic esters (lactones) is 2. The molecule has 0 spiro atoms. The van der Waals surface area contributed by atoms with Crippen LogP contribution in [0.3, 0.4) is 0 Å². The van der Waals surface area contributed by atoms with Crippen LogP contribution in [0.25, 0.3) is 0 Å². The number of carbonyl (C=O) groups is 5. The molecule has 0 saturated heterocycles. The Bertz CT molecular complexity index is 1740. The Morgan fingerprint density at radius 2 is 1.23 bits per heavy atom. The van der Waals surface area contributed by atoms with E-state index in [4.69, 9.17) is 14.6 Å². The first-order chi connectivity index (χ1) is 18.8. The number of anilines is 1. The number of carboxylic acid groups (broad SMARTS) is 1. The summed E-state index contributed by atoms with van der Waals surface area (Å²) in [6, 6.07) is 20.8. The van der Waals surface area contributed by atoms with Gasteiger partial charge in [-0.3, -0.25) is 9.59 Å². The van der Waals surface area contributed by atoms with Crippen molar-refractivity contribution in [2.75, 3.05) is 4.90 Å². The average molecular weight is 521 g/mol. The van der Waals surface area contributed by atoms with Gasteiger partial charge in [-0.15, -0.1) is 0 Å². The van der Waals surface area contributed by atoms with E-state index in [1.165, 1.54) is 60.7 Å². The van der Waals surface area contributed by atoms with Gasteiger partial charge in [-0.2, -0.15) is 0 Å². The standard InChI is InChI=1S/C29H15NO9/c31-25-19-11-9-17(37-16-7-5-15(6-8-16)27(33)34)13-21(19)26(32)30(25)23-3-1-2-4-24(23)38-18-10-12-20-22(14-18)29(36)39-28(20)35/h1-14H,(H,33,34). The van der Waals surface area contributed by atoms with E-state index < -0.39 is 29.7 Å². The number of esters is 2. The molecule has 39 heavy (non-hydrogen) atoms. The average Bonchev–Trinajstić information content (AvgIpc) is 3.35. The summed E-state index contributed by atoms with van der Waals surface area (Å²) in [4.78, 5) is 62.4. The fraction of sp³-hybridized carbons (Fsp3) is 0. The van der Waals surface area contributed by atoms with Crippen molar-refractivity contribution in [1.82, 2.24) is 0 Å². The highest BCUT2D eigenvalue weighted by atomic mass is 16.6. The van der Waals surface area contributed by atoms with Crippen LogP contribution in [0.5, 0.6) is 23.0 Å². The highest BCUT2D eigenvalue weighted by Gasteiger charge is 2.38. The summed E-state index contributed by atoms with van der Waals surface area (Å²) in [6.07, 6.45) is 0. The number of imide groups is 1. The van der Waals surface area contributed by atoms with Gasteiger partial charge in [-0.1, -0.05) is 12.1 Å². The minimum Gasteiger partial charge on any atom is -0.478 e. The van der Waals surface area contributed by atoms with Gasteiger partial charge in [-0.05, 0) is 72.8 Å². The van der Waals surface area contributed by atoms with Crippen molar-refractivity contribution in [3.63, 3.8) is 0 Å². The van der Waals surface area contributed by atoms with Gasteiger partial charge in [0.05, 0.1) is 33.5 Å². The third-order valence-electron chi connectivity index (χ3n) is 6.15. The molecule has 10 nitrogen and oxygen atoms in total. The van der Waals surface area contributed by atoms with Gasteiger partial charge >= 0.3 is 17.9 Å². The number of amides is 2. The Kier molecular flexibility index (Phi) is 5.43. The lowest BCUT2D eigenvalue weighted by Gasteiger charge is -2.18. The number of fused-ring (bicyclic) bond motifs is 2. The molecule has 0 bridgehead atoms. The van der Waals surface area contributed by atoms with Gasteiger partial charge in [0.2, 0.25) is 0 Å². The van der Waals surface area contributed by atoms with Crippen LogP contribution in [0.15, 0.2) is 84.9 Å². The van der Waals surface area contributed by atoms with Crippen LogP contribution in [0, 0.1) is 0 Å². The number of hydrogen-bond donors (Lipinski definition) is 1. The van der Waals surface area contributed by atoms with Crippen molar-refractivity contribution in [1.29, 1.82) is 0 Å². The molecule has 2 aliphatic rings. The van der Waals surface area contributed by atoms with Crippen molar-refractivity contribution in [3.8, 4) is 23.0 Å². The van der Waals surface area contributed by atoms with Crippen molar-refractivity contribution in [2.45, 2.75) is 0 Å². The normalized spacial score (nSPS) is 13.7. The molecule has 0 saturated carbocycles. The summed E-state index contributed by atoms with van der Waals surface area (Å²) in [5, 5.41) is 9.05. The minimum absolute atomic E-state index is 0.0563. The van der Waals surface area contributed by atoms with Gasteiger partial charge in [0.25, 0.3) is 11.8 Å². The van der Waals surface area contributed by atoms with E-state index in [0.29, 0.717) is 5.75 Å². The van der Waals surface area contributed by atoms with E-state index in [1.807, 2.05) is 0 Å². The van der Waals surface area contributed by atoms with Gasteiger partial charge in [0.1, 0.15) is 17.2 Å². The minimum atomic E-state index is -1.07. The third-order valence-corrected chi connectivity index (χ3v) is 6.15. The summed E-state index contributed by atoms with van der Waals surface area (Å²) < 4.78 is 16.3. The second-order valence-corrected chi connectivity index (χ2v) is 8.54. The number of ether oxygens (including phenoxy) is 3. The molecule has 1 N–H and O–H groups in total. The quantitative estimate of drug-likeness (QED) is 0.209. The van der Waals surface area contributed by atoms with E-state index in [1.54, 1.807) is 24.3 Å². The number of hydrogen-bond acceptors (Lipinski definition) is 8. The molecule has 4 aromatic rings. The molecule has 10 heteroatoms. The predicted molar refractivity (Wildman–Crippen MR) is 134 cm³/mol. The van der Waals surface area contributed by atoms with Crippen molar-refractivity contribution in [3.05, 3.63) is 113 Å². The lowest BCUT2D eigenvalue weighted by atomic mass is 10.1. The van der Waals surface area contributed by atoms with E-state index in [9.17, 15) is 24.0 Å². The lowest BCUT2D eigenvalue weighted by Crippen LogP contribution is -2.29. The molecule has 4 aromatic carbocycles. The molecule has 2 aliphatic heterocycles. The number of carbonyl (C=O) groups excluding carboxylic acids is 4. The fourth-order valence-electron chi connectivity index (χ4n) is 4.29. The predicted octanol–water partition coefficient (Wildman–Crippen LogP) is 5.08. The molecule has 2 amide bonds. The Labute approximate surface area is 219 Å². The van der Waals surface area contributed by atoms with Crippen LogP contribution in [-0.2, 0) is 4.74 Å².